The third kappa shape index (κ3) is 5.32. The fourth-order valence-electron chi connectivity index (χ4n) is 1.49. The van der Waals surface area contributed by atoms with E-state index >= 15 is 0 Å². The van der Waals surface area contributed by atoms with Gasteiger partial charge in [-0.2, -0.15) is 11.8 Å². The van der Waals surface area contributed by atoms with Crippen molar-refractivity contribution in [3.05, 3.63) is 28.2 Å². The second-order valence-electron chi connectivity index (χ2n) is 4.02. The minimum absolute atomic E-state index is 0.343. The molecular formula is C13H20BrNOS. The molecule has 0 radical (unpaired) electrons. The molecule has 0 aliphatic carbocycles. The van der Waals surface area contributed by atoms with E-state index in [2.05, 4.69) is 35.1 Å². The summed E-state index contributed by atoms with van der Waals surface area (Å²) in [5.41, 5.74) is 0.939. The monoisotopic (exact) mass is 317 g/mol. The Labute approximate surface area is 116 Å². The van der Waals surface area contributed by atoms with E-state index in [1.807, 2.05) is 30.0 Å². The number of phenols is 1. The average molecular weight is 318 g/mol. The Kier molecular flexibility index (Phi) is 7.00. The summed E-state index contributed by atoms with van der Waals surface area (Å²) >= 11 is 5.29. The fraction of sp³-hybridized carbons (Fsp3) is 0.538. The van der Waals surface area contributed by atoms with Crippen LogP contribution in [0.15, 0.2) is 22.7 Å². The molecule has 2 N–H and O–H groups in total. The van der Waals surface area contributed by atoms with Gasteiger partial charge in [0, 0.05) is 18.2 Å². The zero-order valence-corrected chi connectivity index (χ0v) is 12.8. The predicted octanol–water partition coefficient (Wildman–Crippen LogP) is 3.78. The van der Waals surface area contributed by atoms with Gasteiger partial charge in [0.05, 0.1) is 4.47 Å². The molecule has 0 aliphatic heterocycles. The van der Waals surface area contributed by atoms with Crippen molar-refractivity contribution in [1.82, 2.24) is 5.32 Å². The molecule has 0 saturated carbocycles. The van der Waals surface area contributed by atoms with Crippen molar-refractivity contribution in [1.29, 1.82) is 0 Å². The molecule has 0 spiro atoms. The number of aromatic hydroxyl groups is 1. The number of phenolic OH excluding ortho intramolecular Hbond substituents is 1. The summed E-state index contributed by atoms with van der Waals surface area (Å²) < 4.78 is 0.756. The third-order valence-electron chi connectivity index (χ3n) is 2.61. The van der Waals surface area contributed by atoms with Crippen molar-refractivity contribution in [3.8, 4) is 5.75 Å². The Morgan fingerprint density at radius 3 is 2.94 bits per heavy atom. The summed E-state index contributed by atoms with van der Waals surface area (Å²) in [7, 11) is 0. The van der Waals surface area contributed by atoms with Crippen LogP contribution in [0.25, 0.3) is 0 Å². The van der Waals surface area contributed by atoms with Gasteiger partial charge in [-0.3, -0.25) is 0 Å². The Hall–Kier alpha value is -0.190. The molecule has 1 atom stereocenters. The van der Waals surface area contributed by atoms with Crippen molar-refractivity contribution in [2.45, 2.75) is 32.9 Å². The standard InChI is InChI=1S/C13H20BrNOS/c1-3-17-8-7-10(2)15-9-11-5-4-6-12(14)13(11)16/h4-6,10,15-16H,3,7-9H2,1-2H3. The van der Waals surface area contributed by atoms with E-state index in [-0.39, 0.29) is 0 Å². The Morgan fingerprint density at radius 2 is 2.24 bits per heavy atom. The number of para-hydroxylation sites is 1. The molecular weight excluding hydrogens is 298 g/mol. The van der Waals surface area contributed by atoms with Crippen LogP contribution < -0.4 is 5.32 Å². The number of hydrogen-bond donors (Lipinski definition) is 2. The van der Waals surface area contributed by atoms with E-state index < -0.39 is 0 Å². The zero-order chi connectivity index (χ0) is 12.7. The molecule has 0 fully saturated rings. The third-order valence-corrected chi connectivity index (χ3v) is 4.18. The van der Waals surface area contributed by atoms with Crippen molar-refractivity contribution < 1.29 is 5.11 Å². The van der Waals surface area contributed by atoms with Gasteiger partial charge in [-0.05, 0) is 46.8 Å². The molecule has 0 heterocycles. The minimum Gasteiger partial charge on any atom is -0.506 e. The highest BCUT2D eigenvalue weighted by molar-refractivity contribution is 9.10. The highest BCUT2D eigenvalue weighted by Gasteiger charge is 2.06. The summed E-state index contributed by atoms with van der Waals surface area (Å²) in [6.45, 7) is 5.08. The number of rotatable bonds is 7. The smallest absolute Gasteiger partial charge is 0.134 e. The van der Waals surface area contributed by atoms with Gasteiger partial charge in [0.1, 0.15) is 5.75 Å². The van der Waals surface area contributed by atoms with Crippen LogP contribution in [0.3, 0.4) is 0 Å². The average Bonchev–Trinajstić information content (AvgIpc) is 2.31. The predicted molar refractivity (Wildman–Crippen MR) is 79.7 cm³/mol. The molecule has 1 aromatic carbocycles. The molecule has 2 nitrogen and oxygen atoms in total. The number of hydrogen-bond acceptors (Lipinski definition) is 3. The van der Waals surface area contributed by atoms with Crippen LogP contribution in [0.4, 0.5) is 0 Å². The maximum absolute atomic E-state index is 9.83. The molecule has 0 saturated heterocycles. The van der Waals surface area contributed by atoms with Crippen LogP contribution in [0, 0.1) is 0 Å². The highest BCUT2D eigenvalue weighted by atomic mass is 79.9. The summed E-state index contributed by atoms with van der Waals surface area (Å²) in [6, 6.07) is 6.21. The summed E-state index contributed by atoms with van der Waals surface area (Å²) in [4.78, 5) is 0. The highest BCUT2D eigenvalue weighted by Crippen LogP contribution is 2.27. The quantitative estimate of drug-likeness (QED) is 0.751. The fourth-order valence-corrected chi connectivity index (χ4v) is 2.71. The largest absolute Gasteiger partial charge is 0.506 e. The second kappa shape index (κ2) is 8.01. The van der Waals surface area contributed by atoms with Gasteiger partial charge in [0.15, 0.2) is 0 Å². The first kappa shape index (κ1) is 14.9. The first-order valence-electron chi connectivity index (χ1n) is 5.92. The van der Waals surface area contributed by atoms with Crippen LogP contribution in [0.1, 0.15) is 25.8 Å². The lowest BCUT2D eigenvalue weighted by Gasteiger charge is -2.14. The SMILES string of the molecule is CCSCCC(C)NCc1cccc(Br)c1O. The van der Waals surface area contributed by atoms with Gasteiger partial charge in [-0.15, -0.1) is 0 Å². The first-order chi connectivity index (χ1) is 8.15. The summed E-state index contributed by atoms with van der Waals surface area (Å²) in [5, 5.41) is 13.3. The topological polar surface area (TPSA) is 32.3 Å². The van der Waals surface area contributed by atoms with E-state index in [1.165, 1.54) is 11.5 Å². The Bertz CT molecular complexity index is 346. The molecule has 17 heavy (non-hydrogen) atoms. The zero-order valence-electron chi connectivity index (χ0n) is 10.4. The molecule has 1 unspecified atom stereocenters. The van der Waals surface area contributed by atoms with Crippen molar-refractivity contribution in [2.75, 3.05) is 11.5 Å². The van der Waals surface area contributed by atoms with Crippen LogP contribution in [0.5, 0.6) is 5.75 Å². The van der Waals surface area contributed by atoms with Crippen molar-refractivity contribution in [3.63, 3.8) is 0 Å². The van der Waals surface area contributed by atoms with Crippen LogP contribution in [-0.2, 0) is 6.54 Å². The maximum atomic E-state index is 9.83. The molecule has 0 aromatic heterocycles. The van der Waals surface area contributed by atoms with E-state index in [1.54, 1.807) is 0 Å². The van der Waals surface area contributed by atoms with Crippen LogP contribution in [0.2, 0.25) is 0 Å². The summed E-state index contributed by atoms with van der Waals surface area (Å²) in [6.07, 6.45) is 1.16. The number of thioether (sulfide) groups is 1. The van der Waals surface area contributed by atoms with Crippen LogP contribution >= 0.6 is 27.7 Å². The normalized spacial score (nSPS) is 12.6. The van der Waals surface area contributed by atoms with E-state index in [0.717, 1.165) is 16.5 Å². The van der Waals surface area contributed by atoms with E-state index in [4.69, 9.17) is 0 Å². The number of halogens is 1. The molecule has 96 valence electrons. The molecule has 0 bridgehead atoms. The van der Waals surface area contributed by atoms with Crippen LogP contribution in [-0.4, -0.2) is 22.7 Å². The number of nitrogens with one attached hydrogen (secondary N) is 1. The van der Waals surface area contributed by atoms with Gasteiger partial charge in [0.25, 0.3) is 0 Å². The van der Waals surface area contributed by atoms with Crippen molar-refractivity contribution in [2.24, 2.45) is 0 Å². The Balaban J connectivity index is 2.37. The van der Waals surface area contributed by atoms with Gasteiger partial charge in [-0.25, -0.2) is 0 Å². The molecule has 1 rings (SSSR count). The van der Waals surface area contributed by atoms with Gasteiger partial charge >= 0.3 is 0 Å². The maximum Gasteiger partial charge on any atom is 0.134 e. The lowest BCUT2D eigenvalue weighted by Crippen LogP contribution is -2.26. The summed E-state index contributed by atoms with van der Waals surface area (Å²) in [5.74, 6) is 2.71. The van der Waals surface area contributed by atoms with Gasteiger partial charge in [0.2, 0.25) is 0 Å². The molecule has 4 heteroatoms. The van der Waals surface area contributed by atoms with Gasteiger partial charge in [-0.1, -0.05) is 19.1 Å². The second-order valence-corrected chi connectivity index (χ2v) is 6.26. The Morgan fingerprint density at radius 1 is 1.47 bits per heavy atom. The van der Waals surface area contributed by atoms with Gasteiger partial charge < -0.3 is 10.4 Å². The van der Waals surface area contributed by atoms with E-state index in [0.29, 0.717) is 18.3 Å². The van der Waals surface area contributed by atoms with Crippen molar-refractivity contribution >= 4 is 27.7 Å². The minimum atomic E-state index is 0.343. The van der Waals surface area contributed by atoms with E-state index in [9.17, 15) is 5.11 Å². The molecule has 0 aliphatic rings. The lowest BCUT2D eigenvalue weighted by atomic mass is 10.2. The first-order valence-corrected chi connectivity index (χ1v) is 7.87. The molecule has 1 aromatic rings. The number of benzene rings is 1. The lowest BCUT2D eigenvalue weighted by molar-refractivity contribution is 0.454. The molecule has 0 amide bonds.